The fourth-order valence-corrected chi connectivity index (χ4v) is 1.90. The Morgan fingerprint density at radius 3 is 2.50 bits per heavy atom. The largest absolute Gasteiger partial charge is 0.292 e. The molecule has 0 aliphatic carbocycles. The van der Waals surface area contributed by atoms with E-state index in [2.05, 4.69) is 4.98 Å². The van der Waals surface area contributed by atoms with Gasteiger partial charge >= 0.3 is 0 Å². The Bertz CT molecular complexity index is 570. The highest BCUT2D eigenvalue weighted by Crippen LogP contribution is 2.16. The van der Waals surface area contributed by atoms with Gasteiger partial charge in [-0.2, -0.15) is 0 Å². The third kappa shape index (κ3) is 1.74. The van der Waals surface area contributed by atoms with Crippen LogP contribution in [0.15, 0.2) is 35.4 Å². The molecule has 0 spiro atoms. The molecule has 0 fully saturated rings. The van der Waals surface area contributed by atoms with Crippen LogP contribution in [-0.4, -0.2) is 9.55 Å². The van der Waals surface area contributed by atoms with E-state index in [9.17, 15) is 4.79 Å². The van der Waals surface area contributed by atoms with Crippen molar-refractivity contribution in [3.63, 3.8) is 0 Å². The van der Waals surface area contributed by atoms with Crippen molar-refractivity contribution < 1.29 is 0 Å². The predicted octanol–water partition coefficient (Wildman–Crippen LogP) is 2.50. The Labute approximate surface area is 98.3 Å². The minimum atomic E-state index is -0.290. The van der Waals surface area contributed by atoms with Crippen molar-refractivity contribution in [3.8, 4) is 5.69 Å². The van der Waals surface area contributed by atoms with Gasteiger partial charge in [0.1, 0.15) is 0 Å². The molecule has 1 aromatic carbocycles. The monoisotopic (exact) mass is 234 g/mol. The lowest BCUT2D eigenvalue weighted by atomic mass is 10.1. The van der Waals surface area contributed by atoms with E-state index >= 15 is 0 Å². The molecule has 4 heteroatoms. The minimum Gasteiger partial charge on any atom is -0.280 e. The quantitative estimate of drug-likeness (QED) is 0.760. The Morgan fingerprint density at radius 2 is 1.88 bits per heavy atom. The molecule has 0 aliphatic heterocycles. The van der Waals surface area contributed by atoms with Gasteiger partial charge in [-0.3, -0.25) is 9.36 Å². The van der Waals surface area contributed by atoms with E-state index < -0.39 is 0 Å². The zero-order chi connectivity index (χ0) is 11.7. The first-order valence-electron chi connectivity index (χ1n) is 4.91. The fraction of sp³-hybridized carbons (Fsp3) is 0.167. The van der Waals surface area contributed by atoms with Gasteiger partial charge in [-0.25, -0.2) is 4.98 Å². The summed E-state index contributed by atoms with van der Waals surface area (Å²) in [6, 6.07) is 5.88. The van der Waals surface area contributed by atoms with Gasteiger partial charge in [-0.05, 0) is 25.0 Å². The molecule has 0 aliphatic rings. The minimum absolute atomic E-state index is 0.00912. The predicted molar refractivity (Wildman–Crippen MR) is 64.3 cm³/mol. The van der Waals surface area contributed by atoms with Gasteiger partial charge in [-0.15, -0.1) is 0 Å². The lowest BCUT2D eigenvalue weighted by Gasteiger charge is -2.11. The lowest BCUT2D eigenvalue weighted by Crippen LogP contribution is -2.20. The molecule has 0 N–H and O–H groups in total. The Hall–Kier alpha value is -1.61. The average Bonchev–Trinajstić information content (AvgIpc) is 2.24. The summed E-state index contributed by atoms with van der Waals surface area (Å²) in [6.07, 6.45) is 3.15. The molecule has 0 saturated heterocycles. The number of benzene rings is 1. The third-order valence-corrected chi connectivity index (χ3v) is 2.74. The molecule has 0 amide bonds. The Balaban J connectivity index is 2.78. The summed E-state index contributed by atoms with van der Waals surface area (Å²) in [5.41, 5.74) is 2.65. The highest BCUT2D eigenvalue weighted by atomic mass is 35.5. The van der Waals surface area contributed by atoms with Crippen LogP contribution in [0.2, 0.25) is 5.15 Å². The second-order valence-electron chi connectivity index (χ2n) is 3.63. The van der Waals surface area contributed by atoms with Crippen LogP contribution in [-0.2, 0) is 0 Å². The van der Waals surface area contributed by atoms with Crippen molar-refractivity contribution >= 4 is 11.6 Å². The van der Waals surface area contributed by atoms with Gasteiger partial charge in [0.2, 0.25) is 0 Å². The number of aromatic nitrogens is 2. The molecule has 0 unspecified atom stereocenters. The molecule has 0 bridgehead atoms. The number of aryl methyl sites for hydroxylation is 2. The van der Waals surface area contributed by atoms with E-state index in [1.807, 2.05) is 32.0 Å². The van der Waals surface area contributed by atoms with Crippen molar-refractivity contribution in [2.24, 2.45) is 0 Å². The van der Waals surface area contributed by atoms with Gasteiger partial charge in [0.15, 0.2) is 5.15 Å². The molecule has 1 aromatic heterocycles. The molecule has 2 aromatic rings. The zero-order valence-electron chi connectivity index (χ0n) is 9.07. The first-order valence-corrected chi connectivity index (χ1v) is 5.29. The lowest BCUT2D eigenvalue weighted by molar-refractivity contribution is 0.937. The van der Waals surface area contributed by atoms with Crippen molar-refractivity contribution in [1.82, 2.24) is 9.55 Å². The van der Waals surface area contributed by atoms with E-state index in [1.165, 1.54) is 10.8 Å². The summed E-state index contributed by atoms with van der Waals surface area (Å²) >= 11 is 5.72. The Morgan fingerprint density at radius 1 is 1.25 bits per heavy atom. The number of para-hydroxylation sites is 1. The molecule has 1 heterocycles. The first-order chi connectivity index (χ1) is 7.61. The molecule has 0 saturated carbocycles. The number of nitrogens with zero attached hydrogens (tertiary/aromatic N) is 2. The van der Waals surface area contributed by atoms with Gasteiger partial charge in [0.25, 0.3) is 5.56 Å². The maximum absolute atomic E-state index is 11.8. The zero-order valence-corrected chi connectivity index (χ0v) is 9.82. The van der Waals surface area contributed by atoms with E-state index in [0.29, 0.717) is 0 Å². The van der Waals surface area contributed by atoms with Crippen LogP contribution in [0, 0.1) is 13.8 Å². The van der Waals surface area contributed by atoms with Crippen molar-refractivity contribution in [2.75, 3.05) is 0 Å². The number of halogens is 1. The molecule has 0 radical (unpaired) electrons. The van der Waals surface area contributed by atoms with Gasteiger partial charge in [0.05, 0.1) is 5.69 Å². The molecule has 0 atom stereocenters. The maximum atomic E-state index is 11.8. The standard InChI is InChI=1S/C12H11ClN2O/c1-8-4-3-5-9(2)10(8)15-7-6-14-11(13)12(15)16/h3-7H,1-2H3. The molecular weight excluding hydrogens is 224 g/mol. The van der Waals surface area contributed by atoms with Crippen LogP contribution in [0.5, 0.6) is 0 Å². The fourth-order valence-electron chi connectivity index (χ4n) is 1.75. The van der Waals surface area contributed by atoms with Crippen molar-refractivity contribution in [3.05, 3.63) is 57.2 Å². The summed E-state index contributed by atoms with van der Waals surface area (Å²) in [6.45, 7) is 3.92. The SMILES string of the molecule is Cc1cccc(C)c1-n1ccnc(Cl)c1=O. The van der Waals surface area contributed by atoms with Gasteiger partial charge in [0, 0.05) is 12.4 Å². The van der Waals surface area contributed by atoms with Crippen LogP contribution < -0.4 is 5.56 Å². The van der Waals surface area contributed by atoms with E-state index in [1.54, 1.807) is 6.20 Å². The van der Waals surface area contributed by atoms with E-state index in [4.69, 9.17) is 11.6 Å². The van der Waals surface area contributed by atoms with Crippen LogP contribution in [0.1, 0.15) is 11.1 Å². The number of hydrogen-bond acceptors (Lipinski definition) is 2. The van der Waals surface area contributed by atoms with Crippen LogP contribution in [0.25, 0.3) is 5.69 Å². The van der Waals surface area contributed by atoms with E-state index in [0.717, 1.165) is 16.8 Å². The van der Waals surface area contributed by atoms with Crippen LogP contribution in [0.3, 0.4) is 0 Å². The summed E-state index contributed by atoms with van der Waals surface area (Å²) in [5, 5.41) is -0.00912. The molecule has 16 heavy (non-hydrogen) atoms. The van der Waals surface area contributed by atoms with E-state index in [-0.39, 0.29) is 10.7 Å². The van der Waals surface area contributed by atoms with Crippen LogP contribution >= 0.6 is 11.6 Å². The number of hydrogen-bond donors (Lipinski definition) is 0. The van der Waals surface area contributed by atoms with Crippen molar-refractivity contribution in [2.45, 2.75) is 13.8 Å². The van der Waals surface area contributed by atoms with Crippen molar-refractivity contribution in [1.29, 1.82) is 0 Å². The number of rotatable bonds is 1. The highest BCUT2D eigenvalue weighted by Gasteiger charge is 2.08. The third-order valence-electron chi connectivity index (χ3n) is 2.48. The highest BCUT2D eigenvalue weighted by molar-refractivity contribution is 6.29. The Kier molecular flexibility index (Phi) is 2.79. The second kappa shape index (κ2) is 4.10. The average molecular weight is 235 g/mol. The summed E-state index contributed by atoms with van der Waals surface area (Å²) in [7, 11) is 0. The van der Waals surface area contributed by atoms with Crippen LogP contribution in [0.4, 0.5) is 0 Å². The van der Waals surface area contributed by atoms with Gasteiger partial charge in [-0.1, -0.05) is 29.8 Å². The first kappa shape index (κ1) is 10.9. The van der Waals surface area contributed by atoms with Gasteiger partial charge < -0.3 is 0 Å². The maximum Gasteiger partial charge on any atom is 0.292 e. The summed E-state index contributed by atoms with van der Waals surface area (Å²) in [5.74, 6) is 0. The molecular formula is C12H11ClN2O. The molecule has 2 rings (SSSR count). The smallest absolute Gasteiger partial charge is 0.280 e. The summed E-state index contributed by atoms with van der Waals surface area (Å²) in [4.78, 5) is 15.6. The topological polar surface area (TPSA) is 34.9 Å². The molecule has 3 nitrogen and oxygen atoms in total. The second-order valence-corrected chi connectivity index (χ2v) is 3.99. The normalized spacial score (nSPS) is 10.4. The molecule has 82 valence electrons. The summed E-state index contributed by atoms with van der Waals surface area (Å²) < 4.78 is 1.53.